The van der Waals surface area contributed by atoms with Crippen molar-refractivity contribution >= 4 is 0 Å². The minimum atomic E-state index is 0.230. The van der Waals surface area contributed by atoms with Crippen molar-refractivity contribution in [3.05, 3.63) is 23.9 Å². The molecule has 2 N–H and O–H groups in total. The van der Waals surface area contributed by atoms with Gasteiger partial charge in [0.25, 0.3) is 0 Å². The van der Waals surface area contributed by atoms with Gasteiger partial charge in [-0.1, -0.05) is 6.07 Å². The van der Waals surface area contributed by atoms with Crippen LogP contribution in [0, 0.1) is 0 Å². The van der Waals surface area contributed by atoms with Gasteiger partial charge in [0.05, 0.1) is 7.11 Å². The van der Waals surface area contributed by atoms with Gasteiger partial charge < -0.3 is 10.5 Å². The van der Waals surface area contributed by atoms with E-state index in [-0.39, 0.29) is 6.04 Å². The van der Waals surface area contributed by atoms with Crippen molar-refractivity contribution in [1.29, 1.82) is 0 Å². The minimum absolute atomic E-state index is 0.230. The molecule has 3 nitrogen and oxygen atoms in total. The van der Waals surface area contributed by atoms with Crippen molar-refractivity contribution in [2.75, 3.05) is 7.11 Å². The summed E-state index contributed by atoms with van der Waals surface area (Å²) in [6.45, 7) is 2.00. The highest BCUT2D eigenvalue weighted by Crippen LogP contribution is 2.08. The predicted octanol–water partition coefficient (Wildman–Crippen LogP) is 1.37. The molecule has 1 aromatic heterocycles. The number of hydrogen-bond acceptors (Lipinski definition) is 3. The summed E-state index contributed by atoms with van der Waals surface area (Å²) in [5.74, 6) is 0.669. The Morgan fingerprint density at radius 2 is 2.31 bits per heavy atom. The highest BCUT2D eigenvalue weighted by Gasteiger charge is 1.99. The van der Waals surface area contributed by atoms with Gasteiger partial charge >= 0.3 is 0 Å². The quantitative estimate of drug-likeness (QED) is 0.761. The molecule has 0 fully saturated rings. The molecular formula is C10H16N2O. The Kier molecular flexibility index (Phi) is 3.71. The highest BCUT2D eigenvalue weighted by atomic mass is 16.5. The van der Waals surface area contributed by atoms with E-state index in [0.29, 0.717) is 5.88 Å². The van der Waals surface area contributed by atoms with E-state index in [1.165, 1.54) is 0 Å². The second kappa shape index (κ2) is 4.82. The molecular weight excluding hydrogens is 164 g/mol. The van der Waals surface area contributed by atoms with Crippen LogP contribution in [0.2, 0.25) is 0 Å². The lowest BCUT2D eigenvalue weighted by molar-refractivity contribution is 0.396. The van der Waals surface area contributed by atoms with E-state index in [1.54, 1.807) is 7.11 Å². The van der Waals surface area contributed by atoms with E-state index in [2.05, 4.69) is 4.98 Å². The SMILES string of the molecule is COc1cccc(CCC(C)N)n1. The fourth-order valence-electron chi connectivity index (χ4n) is 1.09. The van der Waals surface area contributed by atoms with Crippen molar-refractivity contribution in [3.8, 4) is 5.88 Å². The number of pyridine rings is 1. The van der Waals surface area contributed by atoms with E-state index in [4.69, 9.17) is 10.5 Å². The first-order chi connectivity index (χ1) is 6.22. The normalized spacial score (nSPS) is 12.5. The zero-order valence-electron chi connectivity index (χ0n) is 8.16. The monoisotopic (exact) mass is 180 g/mol. The van der Waals surface area contributed by atoms with E-state index in [9.17, 15) is 0 Å². The average molecular weight is 180 g/mol. The van der Waals surface area contributed by atoms with E-state index in [0.717, 1.165) is 18.5 Å². The summed E-state index contributed by atoms with van der Waals surface area (Å²) in [5, 5.41) is 0. The van der Waals surface area contributed by atoms with E-state index < -0.39 is 0 Å². The number of rotatable bonds is 4. The maximum atomic E-state index is 5.65. The molecule has 13 heavy (non-hydrogen) atoms. The van der Waals surface area contributed by atoms with Crippen LogP contribution in [-0.4, -0.2) is 18.1 Å². The third-order valence-corrected chi connectivity index (χ3v) is 1.85. The standard InChI is InChI=1S/C10H16N2O/c1-8(11)6-7-9-4-3-5-10(12-9)13-2/h3-5,8H,6-7,11H2,1-2H3. The molecule has 0 aliphatic rings. The van der Waals surface area contributed by atoms with Gasteiger partial charge in [-0.2, -0.15) is 0 Å². The Bertz CT molecular complexity index is 261. The lowest BCUT2D eigenvalue weighted by atomic mass is 10.1. The van der Waals surface area contributed by atoms with Crippen LogP contribution < -0.4 is 10.5 Å². The first-order valence-electron chi connectivity index (χ1n) is 4.48. The number of hydrogen-bond donors (Lipinski definition) is 1. The number of aryl methyl sites for hydroxylation is 1. The largest absolute Gasteiger partial charge is 0.481 e. The topological polar surface area (TPSA) is 48.1 Å². The summed E-state index contributed by atoms with van der Waals surface area (Å²) >= 11 is 0. The van der Waals surface area contributed by atoms with Crippen molar-refractivity contribution in [2.45, 2.75) is 25.8 Å². The van der Waals surface area contributed by atoms with Gasteiger partial charge in [-0.25, -0.2) is 4.98 Å². The second-order valence-corrected chi connectivity index (χ2v) is 3.19. The predicted molar refractivity (Wildman–Crippen MR) is 52.8 cm³/mol. The van der Waals surface area contributed by atoms with Gasteiger partial charge in [0.1, 0.15) is 0 Å². The molecule has 1 heterocycles. The molecule has 1 atom stereocenters. The Labute approximate surface area is 78.9 Å². The Morgan fingerprint density at radius 3 is 2.92 bits per heavy atom. The van der Waals surface area contributed by atoms with Crippen molar-refractivity contribution in [1.82, 2.24) is 4.98 Å². The highest BCUT2D eigenvalue weighted by molar-refractivity contribution is 5.15. The number of aromatic nitrogens is 1. The molecule has 0 aliphatic heterocycles. The molecule has 0 spiro atoms. The van der Waals surface area contributed by atoms with Crippen LogP contribution in [0.1, 0.15) is 19.0 Å². The van der Waals surface area contributed by atoms with Gasteiger partial charge in [-0.15, -0.1) is 0 Å². The molecule has 0 saturated heterocycles. The Balaban J connectivity index is 2.56. The first kappa shape index (κ1) is 9.99. The molecule has 1 rings (SSSR count). The lowest BCUT2D eigenvalue weighted by Gasteiger charge is -2.05. The summed E-state index contributed by atoms with van der Waals surface area (Å²) in [6, 6.07) is 6.01. The van der Waals surface area contributed by atoms with Crippen LogP contribution in [0.5, 0.6) is 5.88 Å². The molecule has 0 aliphatic carbocycles. The third kappa shape index (κ3) is 3.42. The van der Waals surface area contributed by atoms with Gasteiger partial charge in [0.15, 0.2) is 0 Å². The number of nitrogens with two attached hydrogens (primary N) is 1. The van der Waals surface area contributed by atoms with Crippen molar-refractivity contribution in [2.24, 2.45) is 5.73 Å². The molecule has 72 valence electrons. The summed E-state index contributed by atoms with van der Waals surface area (Å²) in [6.07, 6.45) is 1.87. The zero-order chi connectivity index (χ0) is 9.68. The van der Waals surface area contributed by atoms with Gasteiger partial charge in [-0.3, -0.25) is 0 Å². The maximum absolute atomic E-state index is 5.65. The van der Waals surface area contributed by atoms with Gasteiger partial charge in [0, 0.05) is 17.8 Å². The van der Waals surface area contributed by atoms with Crippen molar-refractivity contribution < 1.29 is 4.74 Å². The van der Waals surface area contributed by atoms with Gasteiger partial charge in [-0.05, 0) is 25.8 Å². The molecule has 1 unspecified atom stereocenters. The molecule has 0 aromatic carbocycles. The zero-order valence-corrected chi connectivity index (χ0v) is 8.16. The molecule has 3 heteroatoms. The number of nitrogens with zero attached hydrogens (tertiary/aromatic N) is 1. The van der Waals surface area contributed by atoms with Gasteiger partial charge in [0.2, 0.25) is 5.88 Å². The number of ether oxygens (including phenoxy) is 1. The smallest absolute Gasteiger partial charge is 0.213 e. The first-order valence-corrected chi connectivity index (χ1v) is 4.48. The van der Waals surface area contributed by atoms with Crippen LogP contribution in [0.4, 0.5) is 0 Å². The average Bonchev–Trinajstić information content (AvgIpc) is 2.15. The van der Waals surface area contributed by atoms with Crippen LogP contribution in [0.15, 0.2) is 18.2 Å². The Hall–Kier alpha value is -1.09. The summed E-state index contributed by atoms with van der Waals surface area (Å²) in [5.41, 5.74) is 6.69. The van der Waals surface area contributed by atoms with Crippen LogP contribution >= 0.6 is 0 Å². The molecule has 0 radical (unpaired) electrons. The minimum Gasteiger partial charge on any atom is -0.481 e. The molecule has 0 saturated carbocycles. The van der Waals surface area contributed by atoms with Crippen LogP contribution in [-0.2, 0) is 6.42 Å². The van der Waals surface area contributed by atoms with Crippen molar-refractivity contribution in [3.63, 3.8) is 0 Å². The summed E-state index contributed by atoms with van der Waals surface area (Å²) < 4.78 is 5.02. The number of methoxy groups -OCH3 is 1. The molecule has 0 amide bonds. The maximum Gasteiger partial charge on any atom is 0.213 e. The summed E-state index contributed by atoms with van der Waals surface area (Å²) in [4.78, 5) is 4.29. The Morgan fingerprint density at radius 1 is 1.54 bits per heavy atom. The fourth-order valence-corrected chi connectivity index (χ4v) is 1.09. The second-order valence-electron chi connectivity index (χ2n) is 3.19. The lowest BCUT2D eigenvalue weighted by Crippen LogP contribution is -2.15. The fraction of sp³-hybridized carbons (Fsp3) is 0.500. The molecule has 0 bridgehead atoms. The molecule has 1 aromatic rings. The van der Waals surface area contributed by atoms with Crippen LogP contribution in [0.3, 0.4) is 0 Å². The summed E-state index contributed by atoms with van der Waals surface area (Å²) in [7, 11) is 1.62. The van der Waals surface area contributed by atoms with Crippen LogP contribution in [0.25, 0.3) is 0 Å². The van der Waals surface area contributed by atoms with E-state index in [1.807, 2.05) is 25.1 Å². The third-order valence-electron chi connectivity index (χ3n) is 1.85. The van der Waals surface area contributed by atoms with E-state index >= 15 is 0 Å².